The van der Waals surface area contributed by atoms with E-state index in [4.69, 9.17) is 5.84 Å². The van der Waals surface area contributed by atoms with E-state index in [0.29, 0.717) is 16.7 Å². The van der Waals surface area contributed by atoms with Gasteiger partial charge in [-0.1, -0.05) is 17.8 Å². The number of amides is 1. The number of nitro benzene ring substituents is 1. The van der Waals surface area contributed by atoms with E-state index in [1.54, 1.807) is 13.0 Å². The number of nitrogen functional groups attached to an aromatic ring is 1. The highest BCUT2D eigenvalue weighted by Gasteiger charge is 2.11. The van der Waals surface area contributed by atoms with E-state index in [1.807, 2.05) is 0 Å². The van der Waals surface area contributed by atoms with E-state index < -0.39 is 4.92 Å². The molecule has 0 bridgehead atoms. The van der Waals surface area contributed by atoms with E-state index in [1.165, 1.54) is 22.9 Å². The molecule has 1 aromatic carbocycles. The second-order valence-electron chi connectivity index (χ2n) is 4.04. The Morgan fingerprint density at radius 3 is 2.90 bits per heavy atom. The van der Waals surface area contributed by atoms with Gasteiger partial charge in [0.1, 0.15) is 5.82 Å². The van der Waals surface area contributed by atoms with Crippen LogP contribution in [0.15, 0.2) is 29.4 Å². The van der Waals surface area contributed by atoms with Gasteiger partial charge in [-0.05, 0) is 13.0 Å². The second kappa shape index (κ2) is 6.22. The number of nitrogens with two attached hydrogens (primary N) is 1. The quantitative estimate of drug-likeness (QED) is 0.364. The van der Waals surface area contributed by atoms with Crippen LogP contribution in [0.1, 0.15) is 5.82 Å². The average Bonchev–Trinajstić information content (AvgIpc) is 2.77. The van der Waals surface area contributed by atoms with Crippen LogP contribution < -0.4 is 11.2 Å². The fourth-order valence-electron chi connectivity index (χ4n) is 1.47. The maximum Gasteiger partial charge on any atom is 0.271 e. The van der Waals surface area contributed by atoms with Crippen molar-refractivity contribution in [3.05, 3.63) is 40.2 Å². The van der Waals surface area contributed by atoms with Crippen molar-refractivity contribution in [1.82, 2.24) is 14.9 Å². The van der Waals surface area contributed by atoms with Gasteiger partial charge in [-0.2, -0.15) is 0 Å². The van der Waals surface area contributed by atoms with Crippen LogP contribution in [0.5, 0.6) is 0 Å². The SMILES string of the molecule is Cc1nnc(SCC(=O)Nc2cccc([N+](=O)[O-])c2)n1N. The number of nitro groups is 1. The molecule has 1 amide bonds. The molecule has 0 aliphatic carbocycles. The first-order valence-corrected chi connectivity index (χ1v) is 6.80. The van der Waals surface area contributed by atoms with Crippen molar-refractivity contribution in [1.29, 1.82) is 0 Å². The number of anilines is 1. The molecular formula is C11H12N6O3S. The minimum Gasteiger partial charge on any atom is -0.336 e. The lowest BCUT2D eigenvalue weighted by Crippen LogP contribution is -2.16. The normalized spacial score (nSPS) is 10.3. The number of nitrogens with zero attached hydrogens (tertiary/aromatic N) is 4. The number of thioether (sulfide) groups is 1. The number of benzene rings is 1. The maximum absolute atomic E-state index is 11.8. The molecule has 1 heterocycles. The van der Waals surface area contributed by atoms with E-state index in [2.05, 4.69) is 15.5 Å². The van der Waals surface area contributed by atoms with Crippen LogP contribution in [0, 0.1) is 17.0 Å². The van der Waals surface area contributed by atoms with Crippen molar-refractivity contribution in [2.24, 2.45) is 0 Å². The van der Waals surface area contributed by atoms with E-state index in [9.17, 15) is 14.9 Å². The van der Waals surface area contributed by atoms with Crippen LogP contribution in [0.25, 0.3) is 0 Å². The van der Waals surface area contributed by atoms with E-state index in [-0.39, 0.29) is 17.3 Å². The van der Waals surface area contributed by atoms with Gasteiger partial charge in [-0.3, -0.25) is 14.9 Å². The Balaban J connectivity index is 1.94. The van der Waals surface area contributed by atoms with Crippen molar-refractivity contribution in [3.8, 4) is 0 Å². The largest absolute Gasteiger partial charge is 0.336 e. The van der Waals surface area contributed by atoms with Gasteiger partial charge < -0.3 is 11.2 Å². The fraction of sp³-hybridized carbons (Fsp3) is 0.182. The summed E-state index contributed by atoms with van der Waals surface area (Å²) in [6, 6.07) is 5.72. The van der Waals surface area contributed by atoms with Crippen LogP contribution in [0.4, 0.5) is 11.4 Å². The van der Waals surface area contributed by atoms with Crippen LogP contribution in [0.2, 0.25) is 0 Å². The smallest absolute Gasteiger partial charge is 0.271 e. The Labute approximate surface area is 123 Å². The summed E-state index contributed by atoms with van der Waals surface area (Å²) >= 11 is 1.12. The van der Waals surface area contributed by atoms with Gasteiger partial charge in [-0.15, -0.1) is 10.2 Å². The molecule has 110 valence electrons. The highest BCUT2D eigenvalue weighted by molar-refractivity contribution is 7.99. The van der Waals surface area contributed by atoms with Crippen molar-refractivity contribution >= 4 is 29.0 Å². The first-order chi connectivity index (χ1) is 9.97. The van der Waals surface area contributed by atoms with Crippen molar-refractivity contribution in [2.45, 2.75) is 12.1 Å². The summed E-state index contributed by atoms with van der Waals surface area (Å²) in [6.07, 6.45) is 0. The number of nitrogens with one attached hydrogen (secondary N) is 1. The highest BCUT2D eigenvalue weighted by Crippen LogP contribution is 2.18. The van der Waals surface area contributed by atoms with Crippen molar-refractivity contribution in [3.63, 3.8) is 0 Å². The van der Waals surface area contributed by atoms with Crippen LogP contribution in [-0.4, -0.2) is 31.5 Å². The monoisotopic (exact) mass is 308 g/mol. The maximum atomic E-state index is 11.8. The molecular weight excluding hydrogens is 296 g/mol. The summed E-state index contributed by atoms with van der Waals surface area (Å²) < 4.78 is 1.28. The van der Waals surface area contributed by atoms with Crippen LogP contribution in [0.3, 0.4) is 0 Å². The number of aryl methyl sites for hydroxylation is 1. The first-order valence-electron chi connectivity index (χ1n) is 5.81. The molecule has 0 saturated carbocycles. The fourth-order valence-corrected chi connectivity index (χ4v) is 2.17. The second-order valence-corrected chi connectivity index (χ2v) is 4.99. The number of rotatable bonds is 5. The van der Waals surface area contributed by atoms with Crippen LogP contribution >= 0.6 is 11.8 Å². The molecule has 0 aliphatic heterocycles. The third kappa shape index (κ3) is 3.69. The summed E-state index contributed by atoms with van der Waals surface area (Å²) in [7, 11) is 0. The van der Waals surface area contributed by atoms with E-state index in [0.717, 1.165) is 11.8 Å². The Kier molecular flexibility index (Phi) is 4.38. The Bertz CT molecular complexity index is 686. The third-order valence-electron chi connectivity index (χ3n) is 2.51. The zero-order valence-corrected chi connectivity index (χ0v) is 11.8. The van der Waals surface area contributed by atoms with Crippen molar-refractivity contribution in [2.75, 3.05) is 16.9 Å². The molecule has 0 atom stereocenters. The summed E-state index contributed by atoms with van der Waals surface area (Å²) in [5.74, 6) is 5.95. The molecule has 0 spiro atoms. The molecule has 1 aromatic heterocycles. The van der Waals surface area contributed by atoms with Gasteiger partial charge in [0.2, 0.25) is 11.1 Å². The Morgan fingerprint density at radius 1 is 1.52 bits per heavy atom. The first kappa shape index (κ1) is 14.8. The average molecular weight is 308 g/mol. The zero-order valence-electron chi connectivity index (χ0n) is 11.0. The predicted octanol–water partition coefficient (Wildman–Crippen LogP) is 0.939. The minimum atomic E-state index is -0.524. The number of aromatic nitrogens is 3. The van der Waals surface area contributed by atoms with Crippen molar-refractivity contribution < 1.29 is 9.72 Å². The molecule has 0 radical (unpaired) electrons. The lowest BCUT2D eigenvalue weighted by Gasteiger charge is -2.04. The van der Waals surface area contributed by atoms with E-state index >= 15 is 0 Å². The standard InChI is InChI=1S/C11H12N6O3S/c1-7-14-15-11(16(7)12)21-6-10(18)13-8-3-2-4-9(5-8)17(19)20/h2-5H,6,12H2,1H3,(H,13,18). The number of carbonyl (C=O) groups is 1. The summed E-state index contributed by atoms with van der Waals surface area (Å²) in [5.41, 5.74) is 0.276. The molecule has 21 heavy (non-hydrogen) atoms. The van der Waals surface area contributed by atoms with Gasteiger partial charge in [0.05, 0.1) is 10.7 Å². The Morgan fingerprint density at radius 2 is 2.29 bits per heavy atom. The molecule has 2 aromatic rings. The van der Waals surface area contributed by atoms with Gasteiger partial charge in [-0.25, -0.2) is 4.68 Å². The lowest BCUT2D eigenvalue weighted by atomic mass is 10.3. The minimum absolute atomic E-state index is 0.0675. The molecule has 3 N–H and O–H groups in total. The molecule has 0 saturated heterocycles. The number of hydrogen-bond acceptors (Lipinski definition) is 7. The number of hydrogen-bond donors (Lipinski definition) is 2. The molecule has 0 fully saturated rings. The van der Waals surface area contributed by atoms with Crippen LogP contribution in [-0.2, 0) is 4.79 Å². The lowest BCUT2D eigenvalue weighted by molar-refractivity contribution is -0.384. The number of non-ortho nitro benzene ring substituents is 1. The summed E-state index contributed by atoms with van der Waals surface area (Å²) in [4.78, 5) is 21.9. The molecule has 10 heteroatoms. The molecule has 9 nitrogen and oxygen atoms in total. The zero-order chi connectivity index (χ0) is 15.4. The summed E-state index contributed by atoms with van der Waals surface area (Å²) in [6.45, 7) is 1.69. The van der Waals surface area contributed by atoms with Gasteiger partial charge >= 0.3 is 0 Å². The molecule has 0 unspecified atom stereocenters. The number of carbonyl (C=O) groups excluding carboxylic acids is 1. The topological polar surface area (TPSA) is 129 Å². The highest BCUT2D eigenvalue weighted by atomic mass is 32.2. The Hall–Kier alpha value is -2.62. The summed E-state index contributed by atoms with van der Waals surface area (Å²) in [5, 5.41) is 21.2. The van der Waals surface area contributed by atoms with Gasteiger partial charge in [0, 0.05) is 17.8 Å². The third-order valence-corrected chi connectivity index (χ3v) is 3.45. The predicted molar refractivity (Wildman–Crippen MR) is 77.4 cm³/mol. The van der Waals surface area contributed by atoms with Gasteiger partial charge in [0.25, 0.3) is 5.69 Å². The van der Waals surface area contributed by atoms with Gasteiger partial charge in [0.15, 0.2) is 0 Å². The molecule has 0 aliphatic rings. The molecule has 2 rings (SSSR count).